The van der Waals surface area contributed by atoms with E-state index in [0.29, 0.717) is 23.5 Å². The van der Waals surface area contributed by atoms with Crippen LogP contribution in [-0.2, 0) is 0 Å². The number of guanidine groups is 2. The van der Waals surface area contributed by atoms with E-state index in [9.17, 15) is 0 Å². The van der Waals surface area contributed by atoms with E-state index in [0.717, 1.165) is 62.4 Å². The van der Waals surface area contributed by atoms with Crippen LogP contribution in [0, 0.1) is 39.9 Å². The van der Waals surface area contributed by atoms with E-state index in [4.69, 9.17) is 10.8 Å². The van der Waals surface area contributed by atoms with Gasteiger partial charge in [-0.3, -0.25) is 10.8 Å². The molecule has 7 aliphatic rings. The lowest BCUT2D eigenvalue weighted by Crippen LogP contribution is -2.46. The van der Waals surface area contributed by atoms with Crippen molar-refractivity contribution in [2.75, 3.05) is 32.7 Å². The maximum absolute atomic E-state index is 9.05. The van der Waals surface area contributed by atoms with Gasteiger partial charge in [0.25, 0.3) is 0 Å². The van der Waals surface area contributed by atoms with Crippen LogP contribution in [0.25, 0.3) is 0 Å². The quantitative estimate of drug-likeness (QED) is 0.136. The van der Waals surface area contributed by atoms with E-state index < -0.39 is 0 Å². The zero-order valence-corrected chi connectivity index (χ0v) is 28.6. The third-order valence-corrected chi connectivity index (χ3v) is 13.3. The fraction of sp³-hybridized carbons (Fsp3) is 0.947. The minimum Gasteiger partial charge on any atom is -0.354 e. The van der Waals surface area contributed by atoms with Gasteiger partial charge in [0, 0.05) is 44.8 Å². The number of nitrogens with one attached hydrogen (secondary N) is 3. The minimum absolute atomic E-state index is 0.484. The lowest BCUT2D eigenvalue weighted by molar-refractivity contribution is -0.0584. The van der Waals surface area contributed by atoms with E-state index in [-0.39, 0.29) is 0 Å². The first-order valence-corrected chi connectivity index (χ1v) is 19.7. The summed E-state index contributed by atoms with van der Waals surface area (Å²) < 4.78 is 0. The largest absolute Gasteiger partial charge is 0.354 e. The zero-order valence-electron chi connectivity index (χ0n) is 28.6. The maximum atomic E-state index is 9.05. The first kappa shape index (κ1) is 32.5. The number of hydrogen-bond donors (Lipinski definition) is 3. The van der Waals surface area contributed by atoms with Gasteiger partial charge < -0.3 is 20.0 Å². The van der Waals surface area contributed by atoms with Crippen LogP contribution in [0.1, 0.15) is 155 Å². The molecule has 2 heterocycles. The van der Waals surface area contributed by atoms with Crippen molar-refractivity contribution in [2.45, 2.75) is 167 Å². The van der Waals surface area contributed by atoms with E-state index in [1.54, 1.807) is 19.3 Å². The molecular weight excluding hydrogens is 540 g/mol. The van der Waals surface area contributed by atoms with Crippen LogP contribution >= 0.6 is 0 Å². The van der Waals surface area contributed by atoms with Gasteiger partial charge in [-0.2, -0.15) is 0 Å². The molecule has 6 nitrogen and oxygen atoms in total. The van der Waals surface area contributed by atoms with E-state index in [1.165, 1.54) is 128 Å². The van der Waals surface area contributed by atoms with E-state index >= 15 is 0 Å². The molecule has 7 rings (SSSR count). The van der Waals surface area contributed by atoms with Crippen LogP contribution < -0.4 is 5.32 Å². The fourth-order valence-corrected chi connectivity index (χ4v) is 11.4. The lowest BCUT2D eigenvalue weighted by atomic mass is 9.48. The molecule has 0 amide bonds. The highest BCUT2D eigenvalue weighted by Gasteiger charge is 2.50. The molecular formula is C38H68N6. The first-order valence-electron chi connectivity index (χ1n) is 19.7. The Morgan fingerprint density at radius 3 is 2.07 bits per heavy atom. The van der Waals surface area contributed by atoms with Gasteiger partial charge in [-0.05, 0) is 113 Å². The molecule has 0 aromatic carbocycles. The molecule has 5 saturated carbocycles. The average Bonchev–Trinajstić information content (AvgIpc) is 3.51. The highest BCUT2D eigenvalue weighted by atomic mass is 15.4. The van der Waals surface area contributed by atoms with E-state index in [1.807, 2.05) is 0 Å². The summed E-state index contributed by atoms with van der Waals surface area (Å²) in [5, 5.41) is 21.0. The predicted octanol–water partition coefficient (Wildman–Crippen LogP) is 8.61. The number of unbranched alkanes of at least 4 members (excludes halogenated alkanes) is 4. The third-order valence-electron chi connectivity index (χ3n) is 13.3. The summed E-state index contributed by atoms with van der Waals surface area (Å²) in [6.45, 7) is 7.49. The van der Waals surface area contributed by atoms with Crippen molar-refractivity contribution in [2.24, 2.45) is 29.1 Å². The van der Waals surface area contributed by atoms with Gasteiger partial charge in [-0.15, -0.1) is 0 Å². The summed E-state index contributed by atoms with van der Waals surface area (Å²) >= 11 is 0. The van der Waals surface area contributed by atoms with Crippen molar-refractivity contribution < 1.29 is 0 Å². The molecule has 0 aromatic rings. The molecule has 44 heavy (non-hydrogen) atoms. The standard InChI is InChI=1S/C38H68N6/c1-2-3-16-35-29-42(37(40)44(35)21-11-7-15-30-13-5-4-6-14-30)19-10-8-17-34-28-41-36(39)43(34)20-12-9-18-38-25-31-22-32(26-38)24-33(23-31)27-38/h30-35,40H,2-29H2,1H3,(H2,39,41)/t31?,32?,33?,34-,35-,38?/m0/s1. The molecule has 0 aromatic heterocycles. The van der Waals surface area contributed by atoms with Gasteiger partial charge in [0.2, 0.25) is 0 Å². The van der Waals surface area contributed by atoms with Crippen LogP contribution in [0.5, 0.6) is 0 Å². The molecule has 2 saturated heterocycles. The summed E-state index contributed by atoms with van der Waals surface area (Å²) in [5.74, 6) is 5.65. The minimum atomic E-state index is 0.484. The van der Waals surface area contributed by atoms with Gasteiger partial charge in [0.15, 0.2) is 11.9 Å². The molecule has 0 spiro atoms. The summed E-state index contributed by atoms with van der Waals surface area (Å²) in [6, 6.07) is 1.03. The Morgan fingerprint density at radius 1 is 0.705 bits per heavy atom. The normalized spacial score (nSPS) is 33.7. The fourth-order valence-electron chi connectivity index (χ4n) is 11.4. The summed E-state index contributed by atoms with van der Waals surface area (Å²) in [6.07, 6.45) is 31.9. The molecule has 5 aliphatic carbocycles. The molecule has 0 radical (unpaired) electrons. The highest BCUT2D eigenvalue weighted by Crippen LogP contribution is 2.61. The molecule has 2 aliphatic heterocycles. The summed E-state index contributed by atoms with van der Waals surface area (Å²) in [5.41, 5.74) is 0.703. The van der Waals surface area contributed by atoms with Gasteiger partial charge in [-0.1, -0.05) is 71.1 Å². The Hall–Kier alpha value is -1.46. The Bertz CT molecular complexity index is 891. The topological polar surface area (TPSA) is 69.5 Å². The Balaban J connectivity index is 0.884. The van der Waals surface area contributed by atoms with Crippen molar-refractivity contribution >= 4 is 11.9 Å². The Morgan fingerprint density at radius 2 is 1.34 bits per heavy atom. The second-order valence-electron chi connectivity index (χ2n) is 16.7. The molecule has 6 heteroatoms. The van der Waals surface area contributed by atoms with Crippen LogP contribution in [0.15, 0.2) is 0 Å². The number of nitrogens with zero attached hydrogens (tertiary/aromatic N) is 3. The molecule has 4 bridgehead atoms. The van der Waals surface area contributed by atoms with Gasteiger partial charge in [0.05, 0.1) is 0 Å². The van der Waals surface area contributed by atoms with E-state index in [2.05, 4.69) is 26.9 Å². The van der Waals surface area contributed by atoms with Crippen LogP contribution in [0.4, 0.5) is 0 Å². The van der Waals surface area contributed by atoms with Gasteiger partial charge >= 0.3 is 0 Å². The molecule has 250 valence electrons. The predicted molar refractivity (Wildman–Crippen MR) is 184 cm³/mol. The summed E-state index contributed by atoms with van der Waals surface area (Å²) in [7, 11) is 0. The highest BCUT2D eigenvalue weighted by molar-refractivity contribution is 5.80. The second-order valence-corrected chi connectivity index (χ2v) is 16.7. The molecule has 0 unspecified atom stereocenters. The molecule has 2 atom stereocenters. The van der Waals surface area contributed by atoms with Crippen molar-refractivity contribution in [1.82, 2.24) is 20.0 Å². The number of rotatable bonds is 18. The van der Waals surface area contributed by atoms with Crippen molar-refractivity contribution in [3.05, 3.63) is 0 Å². The average molecular weight is 609 g/mol. The first-order chi connectivity index (χ1) is 21.5. The van der Waals surface area contributed by atoms with Crippen molar-refractivity contribution in [1.29, 1.82) is 10.8 Å². The van der Waals surface area contributed by atoms with Gasteiger partial charge in [-0.25, -0.2) is 0 Å². The van der Waals surface area contributed by atoms with Crippen LogP contribution in [0.3, 0.4) is 0 Å². The monoisotopic (exact) mass is 609 g/mol. The smallest absolute Gasteiger partial charge is 0.194 e. The molecule has 7 fully saturated rings. The van der Waals surface area contributed by atoms with Crippen molar-refractivity contribution in [3.63, 3.8) is 0 Å². The lowest BCUT2D eigenvalue weighted by Gasteiger charge is -2.57. The van der Waals surface area contributed by atoms with Crippen LogP contribution in [0.2, 0.25) is 0 Å². The zero-order chi connectivity index (χ0) is 30.4. The Labute approximate surface area is 270 Å². The van der Waals surface area contributed by atoms with Crippen LogP contribution in [-0.4, -0.2) is 71.4 Å². The second kappa shape index (κ2) is 15.4. The Kier molecular flexibility index (Phi) is 11.4. The summed E-state index contributed by atoms with van der Waals surface area (Å²) in [4.78, 5) is 7.27. The SMILES string of the molecule is CCCC[C@H]1CN(CCCC[C@H]2CNC(=N)N2CCCCC23CC4CC(CC(C4)C2)C3)C(=N)N1CCCCC1CCCCC1. The van der Waals surface area contributed by atoms with Gasteiger partial charge in [0.1, 0.15) is 0 Å². The van der Waals surface area contributed by atoms with Crippen molar-refractivity contribution in [3.8, 4) is 0 Å². The number of hydrogen-bond acceptors (Lipinski definition) is 2. The maximum Gasteiger partial charge on any atom is 0.194 e. The third kappa shape index (κ3) is 8.08. The molecule has 3 N–H and O–H groups in total.